The molecule has 0 fully saturated rings. The number of nitrogens with zero attached hydrogens (tertiary/aromatic N) is 2. The maximum absolute atomic E-state index is 6.03. The van der Waals surface area contributed by atoms with Crippen molar-refractivity contribution in [1.82, 2.24) is 4.90 Å². The molecular formula is C14H23N3OS. The summed E-state index contributed by atoms with van der Waals surface area (Å²) in [5, 5.41) is 2.13. The van der Waals surface area contributed by atoms with Gasteiger partial charge < -0.3 is 15.4 Å². The first-order valence-electron chi connectivity index (χ1n) is 6.86. The largest absolute Gasteiger partial charge is 0.370 e. The van der Waals surface area contributed by atoms with Gasteiger partial charge in [-0.2, -0.15) is 0 Å². The third kappa shape index (κ3) is 2.92. The van der Waals surface area contributed by atoms with E-state index in [-0.39, 0.29) is 5.60 Å². The van der Waals surface area contributed by atoms with Gasteiger partial charge in [0.25, 0.3) is 0 Å². The number of rotatable bonds is 4. The van der Waals surface area contributed by atoms with E-state index in [1.165, 1.54) is 10.4 Å². The summed E-state index contributed by atoms with van der Waals surface area (Å²) in [5.41, 5.74) is 6.98. The predicted molar refractivity (Wildman–Crippen MR) is 80.7 cm³/mol. The van der Waals surface area contributed by atoms with Gasteiger partial charge in [0.1, 0.15) is 5.60 Å². The monoisotopic (exact) mass is 281 g/mol. The van der Waals surface area contributed by atoms with E-state index < -0.39 is 0 Å². The second-order valence-electron chi connectivity index (χ2n) is 4.93. The van der Waals surface area contributed by atoms with Gasteiger partial charge >= 0.3 is 0 Å². The van der Waals surface area contributed by atoms with Gasteiger partial charge in [-0.1, -0.05) is 0 Å². The topological polar surface area (TPSA) is 50.8 Å². The maximum atomic E-state index is 6.03. The SMILES string of the molecule is CCN(CC)C(N)=NCC1(C)OCCc2sccc21. The van der Waals surface area contributed by atoms with Crippen LogP contribution in [0.5, 0.6) is 0 Å². The van der Waals surface area contributed by atoms with Crippen molar-refractivity contribution < 1.29 is 4.74 Å². The molecular weight excluding hydrogens is 258 g/mol. The maximum Gasteiger partial charge on any atom is 0.191 e. The molecule has 0 amide bonds. The highest BCUT2D eigenvalue weighted by molar-refractivity contribution is 7.10. The predicted octanol–water partition coefficient (Wildman–Crippen LogP) is 2.19. The van der Waals surface area contributed by atoms with Crippen LogP contribution in [0.2, 0.25) is 0 Å². The summed E-state index contributed by atoms with van der Waals surface area (Å²) in [6.07, 6.45) is 1.01. The fourth-order valence-electron chi connectivity index (χ4n) is 2.46. The molecule has 1 atom stereocenters. The highest BCUT2D eigenvalue weighted by atomic mass is 32.1. The minimum atomic E-state index is -0.328. The van der Waals surface area contributed by atoms with Gasteiger partial charge in [-0.3, -0.25) is 0 Å². The third-order valence-corrected chi connectivity index (χ3v) is 4.68. The molecule has 1 aromatic rings. The molecule has 0 spiro atoms. The Bertz CT molecular complexity index is 453. The molecule has 4 nitrogen and oxygen atoms in total. The number of guanidine groups is 1. The molecule has 1 unspecified atom stereocenters. The lowest BCUT2D eigenvalue weighted by atomic mass is 9.93. The number of hydrogen-bond acceptors (Lipinski definition) is 3. The summed E-state index contributed by atoms with van der Waals surface area (Å²) in [7, 11) is 0. The number of hydrogen-bond donors (Lipinski definition) is 1. The summed E-state index contributed by atoms with van der Waals surface area (Å²) in [6.45, 7) is 9.39. The van der Waals surface area contributed by atoms with E-state index in [1.807, 2.05) is 11.3 Å². The molecule has 0 aromatic carbocycles. The van der Waals surface area contributed by atoms with Crippen LogP contribution in [0.1, 0.15) is 31.2 Å². The third-order valence-electron chi connectivity index (χ3n) is 3.70. The number of fused-ring (bicyclic) bond motifs is 1. The van der Waals surface area contributed by atoms with Crippen LogP contribution in [0.25, 0.3) is 0 Å². The highest BCUT2D eigenvalue weighted by Crippen LogP contribution is 2.36. The summed E-state index contributed by atoms with van der Waals surface area (Å²) >= 11 is 1.81. The minimum Gasteiger partial charge on any atom is -0.370 e. The number of ether oxygens (including phenoxy) is 1. The minimum absolute atomic E-state index is 0.328. The Morgan fingerprint density at radius 1 is 1.53 bits per heavy atom. The first-order valence-corrected chi connectivity index (χ1v) is 7.74. The molecule has 106 valence electrons. The van der Waals surface area contributed by atoms with E-state index in [4.69, 9.17) is 10.5 Å². The molecule has 5 heteroatoms. The lowest BCUT2D eigenvalue weighted by Gasteiger charge is -2.33. The zero-order valence-electron chi connectivity index (χ0n) is 12.0. The fourth-order valence-corrected chi connectivity index (χ4v) is 3.44. The number of aliphatic imine (C=N–C) groups is 1. The lowest BCUT2D eigenvalue weighted by Crippen LogP contribution is -2.40. The van der Waals surface area contributed by atoms with Crippen molar-refractivity contribution in [3.63, 3.8) is 0 Å². The first kappa shape index (κ1) is 14.3. The summed E-state index contributed by atoms with van der Waals surface area (Å²) in [5.74, 6) is 0.608. The van der Waals surface area contributed by atoms with Crippen molar-refractivity contribution in [2.75, 3.05) is 26.2 Å². The Labute approximate surface area is 119 Å². The summed E-state index contributed by atoms with van der Waals surface area (Å²) in [4.78, 5) is 8.02. The Kier molecular flexibility index (Phi) is 4.47. The second kappa shape index (κ2) is 5.92. The Morgan fingerprint density at radius 2 is 2.26 bits per heavy atom. The van der Waals surface area contributed by atoms with Gasteiger partial charge in [0, 0.05) is 24.4 Å². The van der Waals surface area contributed by atoms with Crippen molar-refractivity contribution in [3.8, 4) is 0 Å². The molecule has 1 aliphatic heterocycles. The van der Waals surface area contributed by atoms with Crippen molar-refractivity contribution >= 4 is 17.3 Å². The summed E-state index contributed by atoms with van der Waals surface area (Å²) < 4.78 is 5.97. The van der Waals surface area contributed by atoms with Gasteiger partial charge in [0.15, 0.2) is 5.96 Å². The van der Waals surface area contributed by atoms with Crippen LogP contribution in [0.3, 0.4) is 0 Å². The van der Waals surface area contributed by atoms with Crippen molar-refractivity contribution in [2.45, 2.75) is 32.8 Å². The van der Waals surface area contributed by atoms with Crippen LogP contribution in [-0.4, -0.2) is 37.1 Å². The molecule has 0 saturated heterocycles. The number of nitrogens with two attached hydrogens (primary N) is 1. The molecule has 0 bridgehead atoms. The summed E-state index contributed by atoms with van der Waals surface area (Å²) in [6, 6.07) is 2.16. The van der Waals surface area contributed by atoms with E-state index in [0.29, 0.717) is 12.5 Å². The van der Waals surface area contributed by atoms with E-state index in [9.17, 15) is 0 Å². The second-order valence-corrected chi connectivity index (χ2v) is 5.93. The average molecular weight is 281 g/mol. The Morgan fingerprint density at radius 3 is 2.95 bits per heavy atom. The van der Waals surface area contributed by atoms with Gasteiger partial charge in [-0.05, 0) is 37.8 Å². The quantitative estimate of drug-likeness (QED) is 0.680. The van der Waals surface area contributed by atoms with Gasteiger partial charge in [-0.25, -0.2) is 4.99 Å². The van der Waals surface area contributed by atoms with Gasteiger partial charge in [-0.15, -0.1) is 11.3 Å². The van der Waals surface area contributed by atoms with Crippen molar-refractivity contribution in [3.05, 3.63) is 21.9 Å². The van der Waals surface area contributed by atoms with Crippen molar-refractivity contribution in [2.24, 2.45) is 10.7 Å². The first-order chi connectivity index (χ1) is 9.10. The zero-order chi connectivity index (χ0) is 13.9. The Hall–Kier alpha value is -1.07. The molecule has 19 heavy (non-hydrogen) atoms. The zero-order valence-corrected chi connectivity index (χ0v) is 12.8. The van der Waals surface area contributed by atoms with E-state index in [0.717, 1.165) is 26.1 Å². The van der Waals surface area contributed by atoms with Crippen molar-refractivity contribution in [1.29, 1.82) is 0 Å². The molecule has 1 aromatic heterocycles. The van der Waals surface area contributed by atoms with E-state index >= 15 is 0 Å². The fraction of sp³-hybridized carbons (Fsp3) is 0.643. The molecule has 0 radical (unpaired) electrons. The molecule has 2 rings (SSSR count). The van der Waals surface area contributed by atoms with Crippen LogP contribution < -0.4 is 5.73 Å². The van der Waals surface area contributed by atoms with Gasteiger partial charge in [0.2, 0.25) is 0 Å². The standard InChI is InChI=1S/C14H23N3OS/c1-4-17(5-2)13(15)16-10-14(3)11-7-9-19-12(11)6-8-18-14/h7,9H,4-6,8,10H2,1-3H3,(H2,15,16). The van der Waals surface area contributed by atoms with Crippen LogP contribution in [0, 0.1) is 0 Å². The molecule has 2 heterocycles. The molecule has 0 saturated carbocycles. The van der Waals surface area contributed by atoms with E-state index in [2.05, 4.69) is 42.1 Å². The van der Waals surface area contributed by atoms with Crippen LogP contribution >= 0.6 is 11.3 Å². The molecule has 1 aliphatic rings. The van der Waals surface area contributed by atoms with Crippen LogP contribution in [-0.2, 0) is 16.8 Å². The van der Waals surface area contributed by atoms with E-state index in [1.54, 1.807) is 0 Å². The number of thiophene rings is 1. The smallest absolute Gasteiger partial charge is 0.191 e. The molecule has 2 N–H and O–H groups in total. The van der Waals surface area contributed by atoms with Crippen LogP contribution in [0.15, 0.2) is 16.4 Å². The highest BCUT2D eigenvalue weighted by Gasteiger charge is 2.34. The normalized spacial score (nSPS) is 23.2. The molecule has 0 aliphatic carbocycles. The average Bonchev–Trinajstić information content (AvgIpc) is 2.88. The Balaban J connectivity index is 2.14. The van der Waals surface area contributed by atoms with Crippen LogP contribution in [0.4, 0.5) is 0 Å². The van der Waals surface area contributed by atoms with Gasteiger partial charge in [0.05, 0.1) is 13.2 Å². The lowest BCUT2D eigenvalue weighted by molar-refractivity contribution is -0.0376.